The highest BCUT2D eigenvalue weighted by Gasteiger charge is 2.21. The van der Waals surface area contributed by atoms with E-state index in [2.05, 4.69) is 52.4 Å². The van der Waals surface area contributed by atoms with Gasteiger partial charge in [-0.1, -0.05) is 24.3 Å². The quantitative estimate of drug-likeness (QED) is 0.795. The van der Waals surface area contributed by atoms with Crippen LogP contribution in [0.3, 0.4) is 0 Å². The van der Waals surface area contributed by atoms with E-state index in [0.717, 1.165) is 31.9 Å². The number of anilines is 1. The smallest absolute Gasteiger partial charge is 0.234 e. The molecule has 1 saturated heterocycles. The molecule has 160 valence electrons. The molecule has 4 rings (SSSR count). The molecule has 2 aromatic carbocycles. The first-order valence-corrected chi connectivity index (χ1v) is 11.1. The van der Waals surface area contributed by atoms with Gasteiger partial charge in [-0.05, 0) is 61.4 Å². The van der Waals surface area contributed by atoms with Crippen LogP contribution in [0.5, 0.6) is 5.75 Å². The summed E-state index contributed by atoms with van der Waals surface area (Å²) in [6.45, 7) is 6.15. The van der Waals surface area contributed by atoms with Gasteiger partial charge in [-0.3, -0.25) is 9.69 Å². The summed E-state index contributed by atoms with van der Waals surface area (Å²) in [5, 5.41) is 3.20. The van der Waals surface area contributed by atoms with E-state index < -0.39 is 0 Å². The maximum atomic E-state index is 12.6. The molecule has 1 atom stereocenters. The van der Waals surface area contributed by atoms with E-state index in [0.29, 0.717) is 6.54 Å². The maximum absolute atomic E-state index is 12.6. The van der Waals surface area contributed by atoms with Crippen LogP contribution in [0.4, 0.5) is 5.69 Å². The Morgan fingerprint density at radius 1 is 1.03 bits per heavy atom. The molecular formula is C25H33N3O2. The number of carbonyl (C=O) groups excluding carboxylic acids is 1. The Bertz CT molecular complexity index is 874. The van der Waals surface area contributed by atoms with Crippen molar-refractivity contribution in [2.24, 2.45) is 0 Å². The molecule has 1 N–H and O–H groups in total. The lowest BCUT2D eigenvalue weighted by atomic mass is 9.89. The second-order valence-corrected chi connectivity index (χ2v) is 8.49. The van der Waals surface area contributed by atoms with Gasteiger partial charge in [-0.2, -0.15) is 0 Å². The van der Waals surface area contributed by atoms with Gasteiger partial charge in [0.25, 0.3) is 0 Å². The van der Waals surface area contributed by atoms with Gasteiger partial charge < -0.3 is 15.0 Å². The van der Waals surface area contributed by atoms with Crippen LogP contribution in [-0.2, 0) is 17.6 Å². The van der Waals surface area contributed by atoms with E-state index in [1.807, 2.05) is 12.1 Å². The van der Waals surface area contributed by atoms with Gasteiger partial charge in [0.1, 0.15) is 5.75 Å². The zero-order valence-corrected chi connectivity index (χ0v) is 18.2. The maximum Gasteiger partial charge on any atom is 0.234 e. The van der Waals surface area contributed by atoms with Crippen LogP contribution in [0.2, 0.25) is 0 Å². The zero-order valence-electron chi connectivity index (χ0n) is 18.2. The minimum absolute atomic E-state index is 0.0443. The van der Waals surface area contributed by atoms with Gasteiger partial charge in [0.2, 0.25) is 5.91 Å². The van der Waals surface area contributed by atoms with E-state index in [-0.39, 0.29) is 11.9 Å². The van der Waals surface area contributed by atoms with Crippen molar-refractivity contribution in [3.63, 3.8) is 0 Å². The average Bonchev–Trinajstić information content (AvgIpc) is 2.79. The molecular weight excluding hydrogens is 374 g/mol. The second-order valence-electron chi connectivity index (χ2n) is 8.49. The number of piperazine rings is 1. The summed E-state index contributed by atoms with van der Waals surface area (Å²) in [7, 11) is 1.70. The molecule has 1 fully saturated rings. The van der Waals surface area contributed by atoms with E-state index in [1.165, 1.54) is 48.1 Å². The Labute approximate surface area is 180 Å². The van der Waals surface area contributed by atoms with E-state index in [9.17, 15) is 4.79 Å². The van der Waals surface area contributed by atoms with Crippen molar-refractivity contribution in [1.29, 1.82) is 0 Å². The van der Waals surface area contributed by atoms with Crippen LogP contribution < -0.4 is 15.0 Å². The number of hydrogen-bond acceptors (Lipinski definition) is 4. The zero-order chi connectivity index (χ0) is 20.9. The highest BCUT2D eigenvalue weighted by atomic mass is 16.5. The fourth-order valence-corrected chi connectivity index (χ4v) is 4.57. The van der Waals surface area contributed by atoms with Gasteiger partial charge in [-0.15, -0.1) is 0 Å². The lowest BCUT2D eigenvalue weighted by Gasteiger charge is -2.36. The number of aryl methyl sites for hydroxylation is 2. The molecule has 30 heavy (non-hydrogen) atoms. The molecule has 1 aliphatic carbocycles. The first-order valence-electron chi connectivity index (χ1n) is 11.1. The van der Waals surface area contributed by atoms with Gasteiger partial charge in [0.05, 0.1) is 19.7 Å². The molecule has 0 aromatic heterocycles. The molecule has 0 bridgehead atoms. The molecule has 2 aliphatic rings. The molecule has 1 heterocycles. The number of ether oxygens (including phenoxy) is 1. The molecule has 2 aromatic rings. The van der Waals surface area contributed by atoms with Gasteiger partial charge >= 0.3 is 0 Å². The summed E-state index contributed by atoms with van der Waals surface area (Å²) in [6.07, 6.45) is 4.93. The molecule has 5 heteroatoms. The molecule has 0 saturated carbocycles. The molecule has 0 unspecified atom stereocenters. The average molecular weight is 408 g/mol. The highest BCUT2D eigenvalue weighted by molar-refractivity contribution is 5.78. The SMILES string of the molecule is COc1cccc(N2CCN(CC(=O)N[C@H](C)c3ccc4c(c3)CCCC4)CC2)c1. The largest absolute Gasteiger partial charge is 0.497 e. The number of fused-ring (bicyclic) bond motifs is 1. The minimum Gasteiger partial charge on any atom is -0.497 e. The summed E-state index contributed by atoms with van der Waals surface area (Å²) < 4.78 is 5.33. The Morgan fingerprint density at radius 2 is 1.80 bits per heavy atom. The van der Waals surface area contributed by atoms with Crippen molar-refractivity contribution in [1.82, 2.24) is 10.2 Å². The number of nitrogens with one attached hydrogen (secondary N) is 1. The van der Waals surface area contributed by atoms with Crippen LogP contribution in [0.25, 0.3) is 0 Å². The van der Waals surface area contributed by atoms with Gasteiger partial charge in [0.15, 0.2) is 0 Å². The normalized spacial score (nSPS) is 17.9. The first-order chi connectivity index (χ1) is 14.6. The highest BCUT2D eigenvalue weighted by Crippen LogP contribution is 2.25. The number of benzene rings is 2. The molecule has 1 amide bonds. The first kappa shape index (κ1) is 20.7. The van der Waals surface area contributed by atoms with Crippen molar-refractivity contribution in [3.05, 3.63) is 59.2 Å². The van der Waals surface area contributed by atoms with Crippen LogP contribution in [0.15, 0.2) is 42.5 Å². The summed E-state index contributed by atoms with van der Waals surface area (Å²) in [5.41, 5.74) is 5.34. The van der Waals surface area contributed by atoms with Gasteiger partial charge in [0, 0.05) is 37.9 Å². The predicted molar refractivity (Wildman–Crippen MR) is 121 cm³/mol. The van der Waals surface area contributed by atoms with Crippen molar-refractivity contribution in [2.45, 2.75) is 38.6 Å². The van der Waals surface area contributed by atoms with E-state index in [1.54, 1.807) is 7.11 Å². The van der Waals surface area contributed by atoms with Gasteiger partial charge in [-0.25, -0.2) is 0 Å². The fourth-order valence-electron chi connectivity index (χ4n) is 4.57. The molecule has 0 spiro atoms. The summed E-state index contributed by atoms with van der Waals surface area (Å²) in [5.74, 6) is 0.987. The standard InChI is InChI=1S/C25H33N3O2/c1-19(21-11-10-20-6-3-4-7-22(20)16-21)26-25(29)18-27-12-14-28(15-13-27)23-8-5-9-24(17-23)30-2/h5,8-11,16-17,19H,3-4,6-7,12-15,18H2,1-2H3,(H,26,29)/t19-/m1/s1. The molecule has 0 radical (unpaired) electrons. The van der Waals surface area contributed by atoms with Crippen LogP contribution >= 0.6 is 0 Å². The van der Waals surface area contributed by atoms with Crippen molar-refractivity contribution in [3.8, 4) is 5.75 Å². The topological polar surface area (TPSA) is 44.8 Å². The van der Waals surface area contributed by atoms with Crippen LogP contribution in [0, 0.1) is 0 Å². The number of nitrogens with zero attached hydrogens (tertiary/aromatic N) is 2. The number of rotatable bonds is 6. The van der Waals surface area contributed by atoms with Crippen LogP contribution in [-0.4, -0.2) is 50.6 Å². The van der Waals surface area contributed by atoms with Crippen molar-refractivity contribution < 1.29 is 9.53 Å². The number of methoxy groups -OCH3 is 1. The second kappa shape index (κ2) is 9.52. The minimum atomic E-state index is 0.0443. The third kappa shape index (κ3) is 4.96. The lowest BCUT2D eigenvalue weighted by molar-refractivity contribution is -0.123. The number of amides is 1. The summed E-state index contributed by atoms with van der Waals surface area (Å²) in [6, 6.07) is 15.0. The van der Waals surface area contributed by atoms with Crippen LogP contribution in [0.1, 0.15) is 42.5 Å². The third-order valence-corrected chi connectivity index (χ3v) is 6.41. The predicted octanol–water partition coefficient (Wildman–Crippen LogP) is 3.57. The third-order valence-electron chi connectivity index (χ3n) is 6.41. The van der Waals surface area contributed by atoms with E-state index in [4.69, 9.17) is 4.74 Å². The Morgan fingerprint density at radius 3 is 2.57 bits per heavy atom. The summed E-state index contributed by atoms with van der Waals surface area (Å²) >= 11 is 0. The Kier molecular flexibility index (Phi) is 6.58. The Balaban J connectivity index is 1.26. The van der Waals surface area contributed by atoms with Crippen molar-refractivity contribution >= 4 is 11.6 Å². The van der Waals surface area contributed by atoms with E-state index >= 15 is 0 Å². The van der Waals surface area contributed by atoms with Crippen molar-refractivity contribution in [2.75, 3.05) is 44.7 Å². The monoisotopic (exact) mass is 407 g/mol. The fraction of sp³-hybridized carbons (Fsp3) is 0.480. The molecule has 5 nitrogen and oxygen atoms in total. The Hall–Kier alpha value is -2.53. The lowest BCUT2D eigenvalue weighted by Crippen LogP contribution is -2.49. The summed E-state index contributed by atoms with van der Waals surface area (Å²) in [4.78, 5) is 17.2. The number of hydrogen-bond donors (Lipinski definition) is 1. The molecule has 1 aliphatic heterocycles. The number of carbonyl (C=O) groups is 1.